The van der Waals surface area contributed by atoms with Crippen molar-refractivity contribution < 1.29 is 4.79 Å². The Kier molecular flexibility index (Phi) is 2.95. The van der Waals surface area contributed by atoms with Crippen LogP contribution in [0.15, 0.2) is 24.7 Å². The van der Waals surface area contributed by atoms with Crippen LogP contribution in [-0.4, -0.2) is 27.4 Å². The van der Waals surface area contributed by atoms with Crippen LogP contribution >= 0.6 is 0 Å². The molecule has 0 radical (unpaired) electrons. The number of aromatic nitrogens is 3. The summed E-state index contributed by atoms with van der Waals surface area (Å²) >= 11 is 0. The minimum Gasteiger partial charge on any atom is -0.353 e. The zero-order valence-electron chi connectivity index (χ0n) is 8.90. The van der Waals surface area contributed by atoms with E-state index in [1.54, 1.807) is 12.5 Å². The largest absolute Gasteiger partial charge is 0.353 e. The summed E-state index contributed by atoms with van der Waals surface area (Å²) in [4.78, 5) is 21.8. The van der Waals surface area contributed by atoms with Gasteiger partial charge in [0.05, 0.1) is 11.8 Å². The van der Waals surface area contributed by atoms with Gasteiger partial charge in [-0.1, -0.05) is 12.2 Å². The second-order valence-corrected chi connectivity index (χ2v) is 3.38. The molecule has 16 heavy (non-hydrogen) atoms. The number of H-pyrrole nitrogens is 1. The normalized spacial score (nSPS) is 11.1. The molecule has 5 nitrogen and oxygen atoms in total. The molecule has 0 saturated carbocycles. The Labute approximate surface area is 92.6 Å². The SMILES string of the molecule is CC(=O)NCC=Cc1cnc2nc[nH]c2c1. The molecule has 0 bridgehead atoms. The molecule has 0 fully saturated rings. The summed E-state index contributed by atoms with van der Waals surface area (Å²) in [5, 5.41) is 2.68. The molecule has 82 valence electrons. The molecule has 0 spiro atoms. The van der Waals surface area contributed by atoms with Crippen LogP contribution in [0.2, 0.25) is 0 Å². The highest BCUT2D eigenvalue weighted by Crippen LogP contribution is 2.09. The first kappa shape index (κ1) is 10.4. The van der Waals surface area contributed by atoms with Gasteiger partial charge in [-0.25, -0.2) is 9.97 Å². The predicted octanol–water partition coefficient (Wildman–Crippen LogP) is 1.11. The fraction of sp³-hybridized carbons (Fsp3) is 0.182. The van der Waals surface area contributed by atoms with Crippen LogP contribution < -0.4 is 5.32 Å². The second kappa shape index (κ2) is 4.57. The van der Waals surface area contributed by atoms with E-state index in [1.165, 1.54) is 6.92 Å². The third-order valence-corrected chi connectivity index (χ3v) is 2.07. The van der Waals surface area contributed by atoms with Gasteiger partial charge in [-0.2, -0.15) is 0 Å². The molecule has 0 unspecified atom stereocenters. The van der Waals surface area contributed by atoms with Gasteiger partial charge in [-0.05, 0) is 11.6 Å². The van der Waals surface area contributed by atoms with Crippen LogP contribution in [0.3, 0.4) is 0 Å². The maximum Gasteiger partial charge on any atom is 0.217 e. The van der Waals surface area contributed by atoms with Gasteiger partial charge < -0.3 is 10.3 Å². The molecule has 5 heteroatoms. The summed E-state index contributed by atoms with van der Waals surface area (Å²) in [6, 6.07) is 1.96. The topological polar surface area (TPSA) is 70.7 Å². The van der Waals surface area contributed by atoms with Gasteiger partial charge >= 0.3 is 0 Å². The van der Waals surface area contributed by atoms with Crippen LogP contribution in [0, 0.1) is 0 Å². The van der Waals surface area contributed by atoms with E-state index in [0.717, 1.165) is 11.1 Å². The van der Waals surface area contributed by atoms with Crippen molar-refractivity contribution in [2.45, 2.75) is 6.92 Å². The van der Waals surface area contributed by atoms with E-state index in [1.807, 2.05) is 18.2 Å². The molecular weight excluding hydrogens is 204 g/mol. The number of nitrogens with one attached hydrogen (secondary N) is 2. The number of fused-ring (bicyclic) bond motifs is 1. The lowest BCUT2D eigenvalue weighted by Crippen LogP contribution is -2.19. The number of rotatable bonds is 3. The standard InChI is InChI=1S/C11H12N4O/c1-8(16)12-4-2-3-9-5-10-11(13-6-9)15-7-14-10/h2-3,5-7H,4H2,1H3,(H,12,16)(H,13,14,15). The second-order valence-electron chi connectivity index (χ2n) is 3.38. The molecule has 0 atom stereocenters. The quantitative estimate of drug-likeness (QED) is 0.807. The number of imidazole rings is 1. The monoisotopic (exact) mass is 216 g/mol. The average Bonchev–Trinajstić information content (AvgIpc) is 2.71. The van der Waals surface area contributed by atoms with E-state index in [0.29, 0.717) is 12.2 Å². The maximum absolute atomic E-state index is 10.6. The van der Waals surface area contributed by atoms with Crippen molar-refractivity contribution in [3.63, 3.8) is 0 Å². The molecule has 2 rings (SSSR count). The number of hydrogen-bond donors (Lipinski definition) is 2. The van der Waals surface area contributed by atoms with Crippen molar-refractivity contribution in [2.75, 3.05) is 6.54 Å². The molecular formula is C11H12N4O. The van der Waals surface area contributed by atoms with Crippen LogP contribution in [0.4, 0.5) is 0 Å². The number of aromatic amines is 1. The van der Waals surface area contributed by atoms with E-state index in [4.69, 9.17) is 0 Å². The molecule has 0 aliphatic heterocycles. The number of amides is 1. The Bertz CT molecular complexity index is 530. The highest BCUT2D eigenvalue weighted by Gasteiger charge is 1.96. The number of carbonyl (C=O) groups is 1. The van der Waals surface area contributed by atoms with Crippen LogP contribution in [0.5, 0.6) is 0 Å². The van der Waals surface area contributed by atoms with E-state index < -0.39 is 0 Å². The van der Waals surface area contributed by atoms with Crippen molar-refractivity contribution in [1.82, 2.24) is 20.3 Å². The van der Waals surface area contributed by atoms with E-state index in [-0.39, 0.29) is 5.91 Å². The Hall–Kier alpha value is -2.17. The van der Waals surface area contributed by atoms with Crippen molar-refractivity contribution in [3.05, 3.63) is 30.2 Å². The predicted molar refractivity (Wildman–Crippen MR) is 61.6 cm³/mol. The van der Waals surface area contributed by atoms with Gasteiger partial charge in [0.1, 0.15) is 0 Å². The molecule has 0 saturated heterocycles. The first-order valence-corrected chi connectivity index (χ1v) is 4.96. The van der Waals surface area contributed by atoms with E-state index in [9.17, 15) is 4.79 Å². The molecule has 0 aliphatic carbocycles. The molecule has 0 aromatic carbocycles. The van der Waals surface area contributed by atoms with Crippen LogP contribution in [-0.2, 0) is 4.79 Å². The van der Waals surface area contributed by atoms with Crippen molar-refractivity contribution >= 4 is 23.1 Å². The van der Waals surface area contributed by atoms with Gasteiger partial charge in [0, 0.05) is 19.7 Å². The van der Waals surface area contributed by atoms with Gasteiger partial charge in [0.2, 0.25) is 5.91 Å². The van der Waals surface area contributed by atoms with E-state index in [2.05, 4.69) is 20.3 Å². The summed E-state index contributed by atoms with van der Waals surface area (Å²) in [6.45, 7) is 2.02. The van der Waals surface area contributed by atoms with Gasteiger partial charge in [-0.15, -0.1) is 0 Å². The summed E-state index contributed by atoms with van der Waals surface area (Å²) < 4.78 is 0. The lowest BCUT2D eigenvalue weighted by atomic mass is 10.2. The van der Waals surface area contributed by atoms with Gasteiger partial charge in [-0.3, -0.25) is 4.79 Å². The molecule has 0 aliphatic rings. The number of carbonyl (C=O) groups excluding carboxylic acids is 1. The zero-order chi connectivity index (χ0) is 11.4. The van der Waals surface area contributed by atoms with E-state index >= 15 is 0 Å². The minimum absolute atomic E-state index is 0.0354. The summed E-state index contributed by atoms with van der Waals surface area (Å²) in [5.41, 5.74) is 2.59. The highest BCUT2D eigenvalue weighted by molar-refractivity contribution is 5.74. The highest BCUT2D eigenvalue weighted by atomic mass is 16.1. The summed E-state index contributed by atoms with van der Waals surface area (Å²) in [6.07, 6.45) is 7.14. The number of hydrogen-bond acceptors (Lipinski definition) is 3. The molecule has 2 aromatic heterocycles. The van der Waals surface area contributed by atoms with Crippen molar-refractivity contribution in [1.29, 1.82) is 0 Å². The molecule has 2 aromatic rings. The smallest absolute Gasteiger partial charge is 0.217 e. The minimum atomic E-state index is -0.0354. The fourth-order valence-corrected chi connectivity index (χ4v) is 1.33. The molecule has 1 amide bonds. The molecule has 2 heterocycles. The zero-order valence-corrected chi connectivity index (χ0v) is 8.90. The average molecular weight is 216 g/mol. The Balaban J connectivity index is 2.06. The fourth-order valence-electron chi connectivity index (χ4n) is 1.33. The number of pyridine rings is 1. The Morgan fingerprint density at radius 3 is 3.25 bits per heavy atom. The van der Waals surface area contributed by atoms with Crippen LogP contribution in [0.25, 0.3) is 17.2 Å². The number of nitrogens with zero attached hydrogens (tertiary/aromatic N) is 2. The summed E-state index contributed by atoms with van der Waals surface area (Å²) in [7, 11) is 0. The van der Waals surface area contributed by atoms with Crippen molar-refractivity contribution in [3.8, 4) is 0 Å². The Morgan fingerprint density at radius 1 is 1.56 bits per heavy atom. The van der Waals surface area contributed by atoms with Crippen molar-refractivity contribution in [2.24, 2.45) is 0 Å². The first-order chi connectivity index (χ1) is 7.75. The Morgan fingerprint density at radius 2 is 2.44 bits per heavy atom. The summed E-state index contributed by atoms with van der Waals surface area (Å²) in [5.74, 6) is -0.0354. The first-order valence-electron chi connectivity index (χ1n) is 4.96. The third-order valence-electron chi connectivity index (χ3n) is 2.07. The third kappa shape index (κ3) is 2.44. The van der Waals surface area contributed by atoms with Gasteiger partial charge in [0.25, 0.3) is 0 Å². The maximum atomic E-state index is 10.6. The lowest BCUT2D eigenvalue weighted by Gasteiger charge is -1.95. The lowest BCUT2D eigenvalue weighted by molar-refractivity contribution is -0.118. The molecule has 2 N–H and O–H groups in total. The van der Waals surface area contributed by atoms with Gasteiger partial charge in [0.15, 0.2) is 5.65 Å². The van der Waals surface area contributed by atoms with Crippen LogP contribution in [0.1, 0.15) is 12.5 Å².